The van der Waals surface area contributed by atoms with Crippen LogP contribution in [0.4, 0.5) is 0 Å². The van der Waals surface area contributed by atoms with Crippen molar-refractivity contribution >= 4 is 5.71 Å². The molecule has 0 saturated heterocycles. The quantitative estimate of drug-likeness (QED) is 0.429. The van der Waals surface area contributed by atoms with Gasteiger partial charge in [0.25, 0.3) is 0 Å². The van der Waals surface area contributed by atoms with Gasteiger partial charge in [0, 0.05) is 5.56 Å². The minimum atomic E-state index is 0.352. The summed E-state index contributed by atoms with van der Waals surface area (Å²) >= 11 is 0. The van der Waals surface area contributed by atoms with E-state index in [2.05, 4.69) is 5.16 Å². The predicted molar refractivity (Wildman–Crippen MR) is 106 cm³/mol. The Labute approximate surface area is 154 Å². The fourth-order valence-corrected chi connectivity index (χ4v) is 2.72. The Balaban J connectivity index is 1.74. The van der Waals surface area contributed by atoms with E-state index in [1.54, 1.807) is 0 Å². The molecule has 3 aromatic carbocycles. The first-order valence-electron chi connectivity index (χ1n) is 8.71. The highest BCUT2D eigenvalue weighted by Gasteiger charge is 2.09. The Kier molecular flexibility index (Phi) is 6.05. The van der Waals surface area contributed by atoms with E-state index in [9.17, 15) is 0 Å². The van der Waals surface area contributed by atoms with Gasteiger partial charge in [0.05, 0.1) is 0 Å². The molecule has 26 heavy (non-hydrogen) atoms. The second kappa shape index (κ2) is 8.86. The molecule has 0 fully saturated rings. The zero-order valence-corrected chi connectivity index (χ0v) is 15.2. The summed E-state index contributed by atoms with van der Waals surface area (Å²) in [5.74, 6) is 0.902. The van der Waals surface area contributed by atoms with E-state index < -0.39 is 0 Å². The topological polar surface area (TPSA) is 30.8 Å². The van der Waals surface area contributed by atoms with Crippen LogP contribution in [0.2, 0.25) is 0 Å². The molecule has 132 valence electrons. The van der Waals surface area contributed by atoms with Gasteiger partial charge in [-0.05, 0) is 30.5 Å². The number of rotatable bonds is 7. The normalized spacial score (nSPS) is 11.2. The molecule has 3 rings (SSSR count). The highest BCUT2D eigenvalue weighted by molar-refractivity contribution is 6.01. The van der Waals surface area contributed by atoms with E-state index in [0.717, 1.165) is 33.7 Å². The molecule has 0 radical (unpaired) electrons. The Morgan fingerprint density at radius 3 is 2.04 bits per heavy atom. The molecule has 0 atom stereocenters. The van der Waals surface area contributed by atoms with Crippen LogP contribution in [0.25, 0.3) is 0 Å². The molecule has 0 N–H and O–H groups in total. The SMILES string of the molecule is Cc1cccc(C)c1OC/C(=N/OCc1ccccc1)c1ccccc1. The molecule has 0 aromatic heterocycles. The van der Waals surface area contributed by atoms with E-state index in [4.69, 9.17) is 9.57 Å². The molecule has 0 aliphatic carbocycles. The third kappa shape index (κ3) is 4.73. The van der Waals surface area contributed by atoms with Crippen LogP contribution in [-0.4, -0.2) is 12.3 Å². The summed E-state index contributed by atoms with van der Waals surface area (Å²) in [6, 6.07) is 26.1. The molecular formula is C23H23NO2. The summed E-state index contributed by atoms with van der Waals surface area (Å²) in [6.45, 7) is 4.88. The third-order valence-electron chi connectivity index (χ3n) is 4.12. The zero-order chi connectivity index (χ0) is 18.2. The summed E-state index contributed by atoms with van der Waals surface area (Å²) < 4.78 is 6.08. The van der Waals surface area contributed by atoms with Gasteiger partial charge < -0.3 is 9.57 Å². The van der Waals surface area contributed by atoms with Crippen molar-refractivity contribution in [1.82, 2.24) is 0 Å². The van der Waals surface area contributed by atoms with Crippen LogP contribution in [0.5, 0.6) is 5.75 Å². The number of hydrogen-bond donors (Lipinski definition) is 0. The fourth-order valence-electron chi connectivity index (χ4n) is 2.72. The van der Waals surface area contributed by atoms with Gasteiger partial charge in [0.1, 0.15) is 24.7 Å². The lowest BCUT2D eigenvalue weighted by atomic mass is 10.1. The van der Waals surface area contributed by atoms with Crippen molar-refractivity contribution in [1.29, 1.82) is 0 Å². The second-order valence-corrected chi connectivity index (χ2v) is 6.17. The standard InChI is InChI=1S/C23H23NO2/c1-18-10-9-11-19(2)23(18)25-17-22(21-14-7-4-8-15-21)24-26-16-20-12-5-3-6-13-20/h3-15H,16-17H2,1-2H3/b24-22-. The summed E-state index contributed by atoms with van der Waals surface area (Å²) in [5.41, 5.74) is 5.07. The van der Waals surface area contributed by atoms with Crippen LogP contribution in [0, 0.1) is 13.8 Å². The first-order chi connectivity index (χ1) is 12.7. The molecule has 0 amide bonds. The summed E-state index contributed by atoms with van der Waals surface area (Å²) in [5, 5.41) is 4.36. The molecule has 3 nitrogen and oxygen atoms in total. The largest absolute Gasteiger partial charge is 0.487 e. The minimum absolute atomic E-state index is 0.352. The van der Waals surface area contributed by atoms with Crippen LogP contribution in [0.1, 0.15) is 22.3 Å². The maximum absolute atomic E-state index is 6.08. The number of benzene rings is 3. The van der Waals surface area contributed by atoms with Crippen LogP contribution < -0.4 is 4.74 Å². The number of nitrogens with zero attached hydrogens (tertiary/aromatic N) is 1. The molecule has 0 aliphatic heterocycles. The van der Waals surface area contributed by atoms with E-state index in [0.29, 0.717) is 13.2 Å². The maximum atomic E-state index is 6.08. The molecule has 0 heterocycles. The van der Waals surface area contributed by atoms with Gasteiger partial charge in [-0.2, -0.15) is 0 Å². The molecule has 3 aromatic rings. The van der Waals surface area contributed by atoms with Crippen molar-refractivity contribution in [2.45, 2.75) is 20.5 Å². The number of para-hydroxylation sites is 1. The molecule has 0 spiro atoms. The second-order valence-electron chi connectivity index (χ2n) is 6.17. The van der Waals surface area contributed by atoms with Gasteiger partial charge in [0.2, 0.25) is 0 Å². The lowest BCUT2D eigenvalue weighted by molar-refractivity contribution is 0.129. The van der Waals surface area contributed by atoms with Gasteiger partial charge in [-0.25, -0.2) is 0 Å². The molecule has 0 unspecified atom stereocenters. The first-order valence-corrected chi connectivity index (χ1v) is 8.71. The highest BCUT2D eigenvalue weighted by Crippen LogP contribution is 2.22. The Hall–Kier alpha value is -3.07. The van der Waals surface area contributed by atoms with Crippen molar-refractivity contribution in [3.8, 4) is 5.75 Å². The molecular weight excluding hydrogens is 322 g/mol. The van der Waals surface area contributed by atoms with Crippen LogP contribution in [0.15, 0.2) is 84.0 Å². The lowest BCUT2D eigenvalue weighted by Crippen LogP contribution is -2.14. The van der Waals surface area contributed by atoms with E-state index in [1.807, 2.05) is 92.7 Å². The Morgan fingerprint density at radius 1 is 0.769 bits per heavy atom. The third-order valence-corrected chi connectivity index (χ3v) is 4.12. The highest BCUT2D eigenvalue weighted by atomic mass is 16.6. The number of hydrogen-bond acceptors (Lipinski definition) is 3. The molecule has 3 heteroatoms. The average Bonchev–Trinajstić information content (AvgIpc) is 2.67. The number of oxime groups is 1. The Morgan fingerprint density at radius 2 is 1.38 bits per heavy atom. The van der Waals surface area contributed by atoms with Gasteiger partial charge in [-0.1, -0.05) is 84.0 Å². The Bertz CT molecular complexity index is 838. The first kappa shape index (κ1) is 17.7. The van der Waals surface area contributed by atoms with Gasteiger partial charge in [0.15, 0.2) is 0 Å². The van der Waals surface area contributed by atoms with Gasteiger partial charge >= 0.3 is 0 Å². The van der Waals surface area contributed by atoms with Gasteiger partial charge in [-0.15, -0.1) is 0 Å². The van der Waals surface area contributed by atoms with Crippen molar-refractivity contribution < 1.29 is 9.57 Å². The van der Waals surface area contributed by atoms with Crippen LogP contribution in [0.3, 0.4) is 0 Å². The smallest absolute Gasteiger partial charge is 0.142 e. The van der Waals surface area contributed by atoms with Gasteiger partial charge in [-0.3, -0.25) is 0 Å². The number of aryl methyl sites for hydroxylation is 2. The van der Waals surface area contributed by atoms with Crippen molar-refractivity contribution in [3.63, 3.8) is 0 Å². The van der Waals surface area contributed by atoms with E-state index in [-0.39, 0.29) is 0 Å². The van der Waals surface area contributed by atoms with Crippen molar-refractivity contribution in [3.05, 3.63) is 101 Å². The van der Waals surface area contributed by atoms with E-state index in [1.165, 1.54) is 0 Å². The van der Waals surface area contributed by atoms with Crippen LogP contribution >= 0.6 is 0 Å². The number of ether oxygens (including phenoxy) is 1. The summed E-state index contributed by atoms with van der Waals surface area (Å²) in [6.07, 6.45) is 0. The average molecular weight is 345 g/mol. The fraction of sp³-hybridized carbons (Fsp3) is 0.174. The summed E-state index contributed by atoms with van der Waals surface area (Å²) in [7, 11) is 0. The van der Waals surface area contributed by atoms with Crippen molar-refractivity contribution in [2.24, 2.45) is 5.16 Å². The molecule has 0 saturated carbocycles. The predicted octanol–water partition coefficient (Wildman–Crippen LogP) is 5.30. The molecule has 0 aliphatic rings. The minimum Gasteiger partial charge on any atom is -0.487 e. The summed E-state index contributed by atoms with van der Waals surface area (Å²) in [4.78, 5) is 5.59. The van der Waals surface area contributed by atoms with E-state index >= 15 is 0 Å². The molecule has 0 bridgehead atoms. The van der Waals surface area contributed by atoms with Crippen molar-refractivity contribution in [2.75, 3.05) is 6.61 Å². The maximum Gasteiger partial charge on any atom is 0.142 e. The van der Waals surface area contributed by atoms with Crippen LogP contribution in [-0.2, 0) is 11.4 Å². The zero-order valence-electron chi connectivity index (χ0n) is 15.2. The lowest BCUT2D eigenvalue weighted by Gasteiger charge is -2.13. The monoisotopic (exact) mass is 345 g/mol.